The summed E-state index contributed by atoms with van der Waals surface area (Å²) in [5.74, 6) is -0.272. The number of aromatic nitrogens is 1. The minimum Gasteiger partial charge on any atom is -0.365 e. The number of aryl methyl sites for hydroxylation is 1. The highest BCUT2D eigenvalue weighted by molar-refractivity contribution is 7.17. The molecule has 0 aliphatic carbocycles. The van der Waals surface area contributed by atoms with Gasteiger partial charge in [-0.15, -0.1) is 11.3 Å². The number of carbonyl (C=O) groups excluding carboxylic acids is 3. The van der Waals surface area contributed by atoms with E-state index in [0.29, 0.717) is 53.5 Å². The molecule has 10 heteroatoms. The number of nitrogens with zero attached hydrogens (tertiary/aromatic N) is 2. The number of carbonyl (C=O) groups is 3. The topological polar surface area (TPSA) is 117 Å². The Bertz CT molecular complexity index is 1560. The summed E-state index contributed by atoms with van der Waals surface area (Å²) < 4.78 is 0. The molecule has 212 valence electrons. The first-order valence-electron chi connectivity index (χ1n) is 13.7. The van der Waals surface area contributed by atoms with E-state index in [1.54, 1.807) is 24.3 Å². The third-order valence-electron chi connectivity index (χ3n) is 7.32. The number of pyridine rings is 1. The van der Waals surface area contributed by atoms with Gasteiger partial charge >= 0.3 is 6.03 Å². The van der Waals surface area contributed by atoms with Gasteiger partial charge in [-0.3, -0.25) is 24.8 Å². The molecule has 0 unspecified atom stereocenters. The predicted molar refractivity (Wildman–Crippen MR) is 165 cm³/mol. The van der Waals surface area contributed by atoms with Crippen LogP contribution in [0.4, 0.5) is 15.5 Å². The number of benzene rings is 2. The van der Waals surface area contributed by atoms with E-state index < -0.39 is 11.9 Å². The lowest BCUT2D eigenvalue weighted by Crippen LogP contribution is -2.31. The van der Waals surface area contributed by atoms with E-state index in [-0.39, 0.29) is 5.78 Å². The largest absolute Gasteiger partial charge is 0.365 e. The van der Waals surface area contributed by atoms with Crippen molar-refractivity contribution in [3.05, 3.63) is 87.5 Å². The number of urea groups is 1. The average molecular weight is 590 g/mol. The van der Waals surface area contributed by atoms with Crippen LogP contribution in [0.1, 0.15) is 52.0 Å². The molecule has 1 aliphatic rings. The van der Waals surface area contributed by atoms with Crippen LogP contribution in [0.3, 0.4) is 0 Å². The first kappa shape index (κ1) is 28.7. The number of halogens is 1. The zero-order chi connectivity index (χ0) is 28.8. The summed E-state index contributed by atoms with van der Waals surface area (Å²) in [5, 5.41) is 8.84. The van der Waals surface area contributed by atoms with E-state index in [2.05, 4.69) is 26.6 Å². The van der Waals surface area contributed by atoms with Crippen molar-refractivity contribution in [1.29, 1.82) is 0 Å². The van der Waals surface area contributed by atoms with Gasteiger partial charge in [0.2, 0.25) is 0 Å². The van der Waals surface area contributed by atoms with Gasteiger partial charge in [0.25, 0.3) is 5.91 Å². The molecular weight excluding hydrogens is 558 g/mol. The molecule has 2 aromatic carbocycles. The van der Waals surface area contributed by atoms with E-state index >= 15 is 0 Å². The summed E-state index contributed by atoms with van der Waals surface area (Å²) >= 11 is 7.30. The molecule has 1 aliphatic heterocycles. The van der Waals surface area contributed by atoms with E-state index in [4.69, 9.17) is 17.3 Å². The van der Waals surface area contributed by atoms with Crippen LogP contribution in [0.2, 0.25) is 5.02 Å². The first-order chi connectivity index (χ1) is 19.9. The van der Waals surface area contributed by atoms with Crippen LogP contribution in [0.15, 0.2) is 60.9 Å². The van der Waals surface area contributed by atoms with Gasteiger partial charge in [0, 0.05) is 59.3 Å². The Labute approximate surface area is 247 Å². The number of primary amides is 1. The minimum atomic E-state index is -0.546. The fourth-order valence-electron chi connectivity index (χ4n) is 5.23. The number of nitrogens with two attached hydrogens (primary N) is 1. The van der Waals surface area contributed by atoms with Crippen LogP contribution in [-0.4, -0.2) is 40.7 Å². The first-order valence-corrected chi connectivity index (χ1v) is 14.9. The molecule has 0 atom stereocenters. The molecular formula is C31H32ClN5O3S. The Kier molecular flexibility index (Phi) is 9.28. The number of anilines is 2. The number of ketones is 1. The second-order valence-corrected chi connectivity index (χ2v) is 11.7. The van der Waals surface area contributed by atoms with Crippen molar-refractivity contribution in [3.8, 4) is 0 Å². The average Bonchev–Trinajstić information content (AvgIpc) is 3.32. The Hall–Kier alpha value is -3.79. The van der Waals surface area contributed by atoms with Crippen molar-refractivity contribution in [2.45, 2.75) is 45.1 Å². The zero-order valence-electron chi connectivity index (χ0n) is 22.6. The fourth-order valence-corrected chi connectivity index (χ4v) is 6.65. The molecule has 0 bridgehead atoms. The summed E-state index contributed by atoms with van der Waals surface area (Å²) in [6.07, 6.45) is 7.95. The number of amides is 3. The van der Waals surface area contributed by atoms with Crippen LogP contribution in [-0.2, 0) is 24.2 Å². The Morgan fingerprint density at radius 1 is 1.00 bits per heavy atom. The summed E-state index contributed by atoms with van der Waals surface area (Å²) in [5.41, 5.74) is 8.72. The SMILES string of the molecule is NC(=O)c1c(NC(=O)Nc2ccc(Cl)cc2)sc2c1CCN(CCCCC(=O)CCc1cncc3ccccc13)C2. The number of hydrogen-bond acceptors (Lipinski definition) is 6. The monoisotopic (exact) mass is 589 g/mol. The molecule has 8 nitrogen and oxygen atoms in total. The molecule has 4 aromatic rings. The van der Waals surface area contributed by atoms with Crippen molar-refractivity contribution in [1.82, 2.24) is 9.88 Å². The van der Waals surface area contributed by atoms with Crippen LogP contribution in [0, 0.1) is 0 Å². The number of Topliss-reactive ketones (excluding diaryl/α,β-unsaturated/α-hetero) is 1. The molecule has 3 amide bonds. The molecule has 0 fully saturated rings. The lowest BCUT2D eigenvalue weighted by molar-refractivity contribution is -0.119. The van der Waals surface area contributed by atoms with Crippen molar-refractivity contribution >= 4 is 62.1 Å². The van der Waals surface area contributed by atoms with Gasteiger partial charge in [-0.05, 0) is 73.0 Å². The lowest BCUT2D eigenvalue weighted by Gasteiger charge is -2.26. The van der Waals surface area contributed by atoms with Gasteiger partial charge in [0.05, 0.1) is 5.56 Å². The van der Waals surface area contributed by atoms with E-state index in [9.17, 15) is 14.4 Å². The highest BCUT2D eigenvalue weighted by Crippen LogP contribution is 2.37. The quantitative estimate of drug-likeness (QED) is 0.174. The molecule has 2 aromatic heterocycles. The van der Waals surface area contributed by atoms with E-state index in [0.717, 1.165) is 52.7 Å². The normalized spacial score (nSPS) is 13.1. The highest BCUT2D eigenvalue weighted by atomic mass is 35.5. The second-order valence-electron chi connectivity index (χ2n) is 10.2. The number of nitrogens with one attached hydrogen (secondary N) is 2. The molecule has 0 radical (unpaired) electrons. The summed E-state index contributed by atoms with van der Waals surface area (Å²) in [6.45, 7) is 2.34. The standard InChI is InChI=1S/C31H32ClN5O3S/c32-22-9-11-23(12-10-22)35-31(40)36-30-28(29(33)39)26-14-16-37(19-27(26)41-30)15-4-3-6-24(38)13-8-21-18-34-17-20-5-1-2-7-25(20)21/h1-2,5,7,9-12,17-18H,3-4,6,8,13-16,19H2,(H2,33,39)(H2,35,36,40). The third kappa shape index (κ3) is 7.30. The molecule has 0 saturated carbocycles. The highest BCUT2D eigenvalue weighted by Gasteiger charge is 2.27. The van der Waals surface area contributed by atoms with E-state index in [1.165, 1.54) is 11.3 Å². The van der Waals surface area contributed by atoms with Gasteiger partial charge < -0.3 is 11.1 Å². The number of fused-ring (bicyclic) bond motifs is 2. The molecule has 0 saturated heterocycles. The third-order valence-corrected chi connectivity index (χ3v) is 8.70. The van der Waals surface area contributed by atoms with Crippen LogP contribution < -0.4 is 16.4 Å². The van der Waals surface area contributed by atoms with Gasteiger partial charge in [-0.25, -0.2) is 4.79 Å². The Morgan fingerprint density at radius 3 is 2.61 bits per heavy atom. The van der Waals surface area contributed by atoms with Crippen molar-refractivity contribution in [3.63, 3.8) is 0 Å². The Morgan fingerprint density at radius 2 is 1.80 bits per heavy atom. The van der Waals surface area contributed by atoms with Crippen LogP contribution >= 0.6 is 22.9 Å². The maximum Gasteiger partial charge on any atom is 0.324 e. The van der Waals surface area contributed by atoms with Gasteiger partial charge in [0.15, 0.2) is 0 Å². The molecule has 0 spiro atoms. The van der Waals surface area contributed by atoms with Crippen LogP contribution in [0.25, 0.3) is 10.8 Å². The second kappa shape index (κ2) is 13.2. The number of hydrogen-bond donors (Lipinski definition) is 3. The predicted octanol–water partition coefficient (Wildman–Crippen LogP) is 6.42. The molecule has 41 heavy (non-hydrogen) atoms. The number of thiophene rings is 1. The van der Waals surface area contributed by atoms with Crippen molar-refractivity contribution < 1.29 is 14.4 Å². The van der Waals surface area contributed by atoms with Crippen molar-refractivity contribution in [2.24, 2.45) is 5.73 Å². The van der Waals surface area contributed by atoms with E-state index in [1.807, 2.05) is 30.6 Å². The number of unbranched alkanes of at least 4 members (excludes halogenated alkanes) is 1. The maximum atomic E-state index is 12.6. The van der Waals surface area contributed by atoms with Crippen molar-refractivity contribution in [2.75, 3.05) is 23.7 Å². The van der Waals surface area contributed by atoms with Gasteiger partial charge in [0.1, 0.15) is 10.8 Å². The molecule has 5 rings (SSSR count). The Balaban J connectivity index is 1.09. The molecule has 4 N–H and O–H groups in total. The maximum absolute atomic E-state index is 12.6. The summed E-state index contributed by atoms with van der Waals surface area (Å²) in [4.78, 5) is 45.1. The summed E-state index contributed by atoms with van der Waals surface area (Å²) in [6, 6.07) is 14.4. The molecule has 3 heterocycles. The van der Waals surface area contributed by atoms with Gasteiger partial charge in [-0.1, -0.05) is 35.9 Å². The lowest BCUT2D eigenvalue weighted by atomic mass is 10.0. The summed E-state index contributed by atoms with van der Waals surface area (Å²) in [7, 11) is 0. The smallest absolute Gasteiger partial charge is 0.324 e. The minimum absolute atomic E-state index is 0.274. The fraction of sp³-hybridized carbons (Fsp3) is 0.290. The van der Waals surface area contributed by atoms with Gasteiger partial charge in [-0.2, -0.15) is 0 Å². The zero-order valence-corrected chi connectivity index (χ0v) is 24.2. The van der Waals surface area contributed by atoms with Crippen LogP contribution in [0.5, 0.6) is 0 Å². The number of rotatable bonds is 11.